The van der Waals surface area contributed by atoms with Crippen molar-refractivity contribution < 1.29 is 131 Å². The van der Waals surface area contributed by atoms with E-state index in [4.69, 9.17) is 85.3 Å². The van der Waals surface area contributed by atoms with Crippen molar-refractivity contribution in [3.05, 3.63) is 0 Å². The van der Waals surface area contributed by atoms with E-state index in [2.05, 4.69) is 0 Å². The van der Waals surface area contributed by atoms with Crippen LogP contribution in [0.5, 0.6) is 0 Å². The first-order valence-corrected chi connectivity index (χ1v) is 32.6. The Hall–Kier alpha value is -1.53. The highest BCUT2D eigenvalue weighted by Crippen LogP contribution is 2.71. The smallest absolute Gasteiger partial charge is 0.302 e. The molecule has 0 aromatic heterocycles. The Labute approximate surface area is 520 Å². The van der Waals surface area contributed by atoms with Gasteiger partial charge in [-0.2, -0.15) is 0 Å². The van der Waals surface area contributed by atoms with Crippen LogP contribution in [0.1, 0.15) is 132 Å². The molecule has 0 amide bonds. The molecule has 8 N–H and O–H groups in total. The van der Waals surface area contributed by atoms with Crippen LogP contribution < -0.4 is 0 Å². The molecule has 35 unspecified atom stereocenters. The van der Waals surface area contributed by atoms with Crippen molar-refractivity contribution in [2.24, 2.45) is 34.5 Å². The number of aliphatic hydroxyl groups is 8. The average molecular weight is 1280 g/mol. The normalized spacial score (nSPS) is 54.3. The van der Waals surface area contributed by atoms with Gasteiger partial charge in [0.05, 0.1) is 99.0 Å². The summed E-state index contributed by atoms with van der Waals surface area (Å²) in [4.78, 5) is 12.5. The summed E-state index contributed by atoms with van der Waals surface area (Å²) in [7, 11) is 4.72. The van der Waals surface area contributed by atoms with Gasteiger partial charge in [-0.25, -0.2) is 0 Å². The Bertz CT molecular complexity index is 2320. The van der Waals surface area contributed by atoms with E-state index in [1.807, 2.05) is 20.8 Å². The number of carbonyl (C=O) groups is 1. The Kier molecular flexibility index (Phi) is 21.3. The highest BCUT2D eigenvalue weighted by Gasteiger charge is 2.76. The zero-order valence-corrected chi connectivity index (χ0v) is 53.3. The molecule has 89 heavy (non-hydrogen) atoms. The average Bonchev–Trinajstić information content (AvgIpc) is 1.57. The molecule has 8 heterocycles. The van der Waals surface area contributed by atoms with Gasteiger partial charge in [-0.05, 0) is 98.3 Å². The molecule has 35 atom stereocenters. The molecule has 0 aromatic rings. The number of hydrogen-bond donors (Lipinski definition) is 8. The highest BCUT2D eigenvalue weighted by atomic mass is 16.8. The summed E-state index contributed by atoms with van der Waals surface area (Å²) in [6.07, 6.45) is -16.0. The van der Waals surface area contributed by atoms with Gasteiger partial charge in [-0.1, -0.05) is 6.92 Å². The number of fused-ring (bicyclic) bond motifs is 7. The number of esters is 1. The van der Waals surface area contributed by atoms with Crippen molar-refractivity contribution >= 4 is 5.97 Å². The summed E-state index contributed by atoms with van der Waals surface area (Å²) in [5.74, 6) is -3.55. The molecule has 27 heteroatoms. The SMILES string of the molecule is COC1CC(OC2C(C)OC(OC3CCC4(COC(C)=O)C(CCC5C4CCC4(C)C6C(COC6(C)O)OC54O)C3)CC2OC)OC(C)C1OC1CC(O)C(OC2CC(O)C(OC3CC(OC)C(OC4OC(CO)C(O)C(O)C4O)C(C)O3)C(C)O2)C(C)O1. The van der Waals surface area contributed by atoms with Crippen LogP contribution in [0.2, 0.25) is 0 Å². The molecule has 0 radical (unpaired) electrons. The maximum atomic E-state index is 12.7. The Morgan fingerprint density at radius 1 is 0.539 bits per heavy atom. The van der Waals surface area contributed by atoms with E-state index in [9.17, 15) is 45.6 Å². The lowest BCUT2D eigenvalue weighted by Gasteiger charge is -2.63. The van der Waals surface area contributed by atoms with Crippen molar-refractivity contribution in [3.8, 4) is 0 Å². The topological polar surface area (TPSA) is 345 Å². The van der Waals surface area contributed by atoms with Crippen LogP contribution in [0.3, 0.4) is 0 Å². The first-order chi connectivity index (χ1) is 42.2. The summed E-state index contributed by atoms with van der Waals surface area (Å²) in [6.45, 7) is 14.1. The first-order valence-electron chi connectivity index (χ1n) is 32.6. The number of rotatable bonds is 18. The second kappa shape index (κ2) is 27.5. The lowest BCUT2D eigenvalue weighted by atomic mass is 9.44. The number of ether oxygens (including phenoxy) is 18. The van der Waals surface area contributed by atoms with E-state index in [-0.39, 0.29) is 73.6 Å². The predicted molar refractivity (Wildman–Crippen MR) is 302 cm³/mol. The summed E-state index contributed by atoms with van der Waals surface area (Å²) in [5, 5.41) is 87.8. The maximum Gasteiger partial charge on any atom is 0.302 e. The monoisotopic (exact) mass is 1280 g/mol. The van der Waals surface area contributed by atoms with Crippen molar-refractivity contribution in [2.45, 2.75) is 310 Å². The van der Waals surface area contributed by atoms with E-state index in [1.54, 1.807) is 41.9 Å². The molecular formula is C62H102O27. The van der Waals surface area contributed by atoms with Crippen LogP contribution in [0.15, 0.2) is 0 Å². The second-order valence-corrected chi connectivity index (χ2v) is 27.9. The Morgan fingerprint density at radius 2 is 1.02 bits per heavy atom. The van der Waals surface area contributed by atoms with E-state index in [0.717, 1.165) is 32.1 Å². The molecule has 512 valence electrons. The van der Waals surface area contributed by atoms with Gasteiger partial charge in [0.1, 0.15) is 54.9 Å². The van der Waals surface area contributed by atoms with Crippen molar-refractivity contribution in [3.63, 3.8) is 0 Å². The summed E-state index contributed by atoms with van der Waals surface area (Å²) >= 11 is 0. The number of hydrogen-bond acceptors (Lipinski definition) is 27. The summed E-state index contributed by atoms with van der Waals surface area (Å²) < 4.78 is 112. The maximum absolute atomic E-state index is 12.7. The van der Waals surface area contributed by atoms with Crippen LogP contribution in [0.25, 0.3) is 0 Å². The van der Waals surface area contributed by atoms with Crippen LogP contribution >= 0.6 is 0 Å². The van der Waals surface area contributed by atoms with Crippen molar-refractivity contribution in [2.75, 3.05) is 41.2 Å². The lowest BCUT2D eigenvalue weighted by molar-refractivity contribution is -0.358. The third kappa shape index (κ3) is 13.3. The molecule has 3 saturated carbocycles. The third-order valence-electron chi connectivity index (χ3n) is 22.5. The second-order valence-electron chi connectivity index (χ2n) is 27.9. The molecule has 11 aliphatic rings. The van der Waals surface area contributed by atoms with Gasteiger partial charge in [-0.15, -0.1) is 0 Å². The third-order valence-corrected chi connectivity index (χ3v) is 22.5. The first kappa shape index (κ1) is 68.8. The molecule has 3 aliphatic carbocycles. The van der Waals surface area contributed by atoms with Crippen LogP contribution in [-0.4, -0.2) is 265 Å². The minimum atomic E-state index is -1.62. The summed E-state index contributed by atoms with van der Waals surface area (Å²) in [6, 6.07) is 0. The van der Waals surface area contributed by atoms with E-state index in [1.165, 1.54) is 14.0 Å². The summed E-state index contributed by atoms with van der Waals surface area (Å²) in [5.41, 5.74) is -1.09. The minimum absolute atomic E-state index is 0.00464. The zero-order valence-electron chi connectivity index (χ0n) is 53.3. The molecular weight excluding hydrogens is 1180 g/mol. The van der Waals surface area contributed by atoms with Crippen LogP contribution in [0, 0.1) is 34.5 Å². The van der Waals surface area contributed by atoms with Crippen LogP contribution in [0.4, 0.5) is 0 Å². The Balaban J connectivity index is 0.630. The fourth-order valence-electron chi connectivity index (χ4n) is 18.0. The van der Waals surface area contributed by atoms with E-state index in [0.29, 0.717) is 25.7 Å². The van der Waals surface area contributed by atoms with Gasteiger partial charge in [0, 0.05) is 77.1 Å². The quantitative estimate of drug-likeness (QED) is 0.0705. The molecule has 8 saturated heterocycles. The molecule has 11 fully saturated rings. The number of aliphatic hydroxyl groups excluding tert-OH is 6. The van der Waals surface area contributed by atoms with Gasteiger partial charge in [0.2, 0.25) is 0 Å². The van der Waals surface area contributed by atoms with E-state index >= 15 is 0 Å². The van der Waals surface area contributed by atoms with Crippen molar-refractivity contribution in [1.82, 2.24) is 0 Å². The van der Waals surface area contributed by atoms with Crippen LogP contribution in [-0.2, 0) is 90.1 Å². The van der Waals surface area contributed by atoms with Gasteiger partial charge in [0.25, 0.3) is 0 Å². The lowest BCUT2D eigenvalue weighted by Crippen LogP contribution is -2.65. The van der Waals surface area contributed by atoms with Crippen molar-refractivity contribution in [1.29, 1.82) is 0 Å². The van der Waals surface area contributed by atoms with Gasteiger partial charge in [0.15, 0.2) is 49.3 Å². The van der Waals surface area contributed by atoms with Gasteiger partial charge in [-0.3, -0.25) is 4.79 Å². The molecule has 8 aliphatic heterocycles. The fraction of sp³-hybridized carbons (Fsp3) is 0.984. The Morgan fingerprint density at radius 3 is 1.52 bits per heavy atom. The minimum Gasteiger partial charge on any atom is -0.465 e. The van der Waals surface area contributed by atoms with E-state index < -0.39 is 183 Å². The zero-order chi connectivity index (χ0) is 63.8. The molecule has 11 rings (SSSR count). The molecule has 0 spiro atoms. The molecule has 27 nitrogen and oxygen atoms in total. The fourth-order valence-corrected chi connectivity index (χ4v) is 18.0. The van der Waals surface area contributed by atoms with Gasteiger partial charge >= 0.3 is 5.97 Å². The number of methoxy groups -OCH3 is 3. The van der Waals surface area contributed by atoms with Gasteiger partial charge < -0.3 is 126 Å². The highest BCUT2D eigenvalue weighted by molar-refractivity contribution is 5.66. The largest absolute Gasteiger partial charge is 0.465 e. The predicted octanol–water partition coefficient (Wildman–Crippen LogP) is 1.16. The molecule has 0 bridgehead atoms. The standard InChI is InChI=1S/C62H102O27/c1-27-52(84-44-19-37(65)53(28(2)77-44)85-47-23-41(74-11)56(31(5)81-47)88-58-51(69)50(68)49(67)42(24-63)83-58)38(66)20-45(78-27)86-54-30(4)80-48(22-40(54)73-10)87-55-29(3)79-46(21-39(55)72-9)82-34-14-17-61(26-75-32(6)64)33(18-34)12-13-36-35(61)15-16-59(7)57-43(89-62(36,59)71)25-76-60(57,8)70/h27-31,33-58,63,65-71H,12-26H2,1-11H3. The molecule has 0 aromatic carbocycles. The number of carbonyl (C=O) groups excluding carboxylic acids is 1.